The number of aliphatic hydroxyl groups is 1. The van der Waals surface area contributed by atoms with Crippen LogP contribution in [0.2, 0.25) is 0 Å². The Kier molecular flexibility index (Phi) is 2.78. The van der Waals surface area contributed by atoms with Gasteiger partial charge in [0, 0.05) is 11.3 Å². The first-order valence-electron chi connectivity index (χ1n) is 9.53. The van der Waals surface area contributed by atoms with Crippen LogP contribution < -0.4 is 0 Å². The van der Waals surface area contributed by atoms with Gasteiger partial charge in [-0.1, -0.05) is 31.9 Å². The number of ether oxygens (including phenoxy) is 1. The minimum Gasteiger partial charge on any atom is -0.459 e. The lowest BCUT2D eigenvalue weighted by atomic mass is 9.44. The van der Waals surface area contributed by atoms with E-state index in [0.29, 0.717) is 11.8 Å². The van der Waals surface area contributed by atoms with Crippen molar-refractivity contribution in [3.63, 3.8) is 0 Å². The van der Waals surface area contributed by atoms with Gasteiger partial charge in [0.15, 0.2) is 0 Å². The lowest BCUT2D eigenvalue weighted by Crippen LogP contribution is -2.63. The molecule has 4 saturated carbocycles. The first-order chi connectivity index (χ1) is 11.0. The number of hydrogen-bond donors (Lipinski definition) is 1. The standard InChI is InChI=1S/C20H28O3/c1-11-9-20-10-12(11)6-7-14(20)19(2)8-4-3-5-13-15(19)16(17(20)21)23-18(13)22/h12-17,21H,1,3-10H2,2H3/t12-,13?,14?,15?,16?,17+,19?,20+/m1/s1. The Morgan fingerprint density at radius 3 is 2.91 bits per heavy atom. The highest BCUT2D eigenvalue weighted by Crippen LogP contribution is 2.71. The van der Waals surface area contributed by atoms with Gasteiger partial charge in [0.05, 0.1) is 12.0 Å². The molecule has 5 rings (SSSR count). The van der Waals surface area contributed by atoms with Crippen molar-refractivity contribution < 1.29 is 14.6 Å². The van der Waals surface area contributed by atoms with Gasteiger partial charge in [-0.3, -0.25) is 4.79 Å². The van der Waals surface area contributed by atoms with Crippen LogP contribution in [0.1, 0.15) is 58.3 Å². The Hall–Kier alpha value is -0.830. The molecule has 0 aromatic rings. The van der Waals surface area contributed by atoms with Crippen LogP contribution in [0.5, 0.6) is 0 Å². The van der Waals surface area contributed by atoms with Crippen molar-refractivity contribution in [2.24, 2.45) is 34.5 Å². The SMILES string of the molecule is C=C1C[C@]23C[C@H]1CCC2C1(C)CCCCC2C(=O)OC(C21)[C@@H]3O. The molecule has 0 aromatic heterocycles. The maximum Gasteiger partial charge on any atom is 0.309 e. The van der Waals surface area contributed by atoms with Gasteiger partial charge in [-0.2, -0.15) is 0 Å². The minimum absolute atomic E-state index is 0.0295. The normalized spacial score (nSPS) is 57.5. The molecule has 1 N–H and O–H groups in total. The fourth-order valence-corrected chi connectivity index (χ4v) is 7.72. The monoisotopic (exact) mass is 316 g/mol. The summed E-state index contributed by atoms with van der Waals surface area (Å²) < 4.78 is 5.82. The van der Waals surface area contributed by atoms with Gasteiger partial charge in [0.2, 0.25) is 0 Å². The Labute approximate surface area is 138 Å². The summed E-state index contributed by atoms with van der Waals surface area (Å²) in [6, 6.07) is 0. The van der Waals surface area contributed by atoms with E-state index >= 15 is 0 Å². The van der Waals surface area contributed by atoms with Crippen molar-refractivity contribution >= 4 is 5.97 Å². The van der Waals surface area contributed by atoms with Crippen molar-refractivity contribution in [1.29, 1.82) is 0 Å². The number of carbonyl (C=O) groups is 1. The number of aliphatic hydroxyl groups excluding tert-OH is 1. The number of hydrogen-bond acceptors (Lipinski definition) is 3. The lowest BCUT2D eigenvalue weighted by molar-refractivity contribution is -0.207. The van der Waals surface area contributed by atoms with Crippen LogP contribution in [0.25, 0.3) is 0 Å². The van der Waals surface area contributed by atoms with Gasteiger partial charge in [-0.25, -0.2) is 0 Å². The van der Waals surface area contributed by atoms with Crippen LogP contribution in [0, 0.1) is 34.5 Å². The highest BCUT2D eigenvalue weighted by Gasteiger charge is 2.71. The van der Waals surface area contributed by atoms with Crippen LogP contribution in [-0.2, 0) is 9.53 Å². The van der Waals surface area contributed by atoms with Gasteiger partial charge in [0.1, 0.15) is 6.10 Å². The van der Waals surface area contributed by atoms with Crippen molar-refractivity contribution in [1.82, 2.24) is 0 Å². The summed E-state index contributed by atoms with van der Waals surface area (Å²) in [5.41, 5.74) is 1.41. The Morgan fingerprint density at radius 2 is 2.09 bits per heavy atom. The average Bonchev–Trinajstić information content (AvgIpc) is 2.90. The Balaban J connectivity index is 1.67. The molecule has 0 radical (unpaired) electrons. The van der Waals surface area contributed by atoms with Crippen LogP contribution in [0.4, 0.5) is 0 Å². The molecule has 1 heterocycles. The molecule has 5 fully saturated rings. The lowest BCUT2D eigenvalue weighted by Gasteiger charge is -2.60. The van der Waals surface area contributed by atoms with Crippen molar-refractivity contribution in [3.05, 3.63) is 12.2 Å². The molecule has 2 bridgehead atoms. The molecule has 3 nitrogen and oxygen atoms in total. The quantitative estimate of drug-likeness (QED) is 0.550. The van der Waals surface area contributed by atoms with E-state index in [1.807, 2.05) is 0 Å². The molecule has 3 heteroatoms. The molecule has 1 spiro atoms. The fourth-order valence-electron chi connectivity index (χ4n) is 7.72. The second kappa shape index (κ2) is 4.41. The Bertz CT molecular complexity index is 583. The van der Waals surface area contributed by atoms with Crippen LogP contribution >= 0.6 is 0 Å². The highest BCUT2D eigenvalue weighted by atomic mass is 16.6. The molecule has 1 aliphatic heterocycles. The van der Waals surface area contributed by atoms with Crippen LogP contribution in [0.3, 0.4) is 0 Å². The summed E-state index contributed by atoms with van der Waals surface area (Å²) in [6.45, 7) is 6.74. The number of esters is 1. The third kappa shape index (κ3) is 1.58. The van der Waals surface area contributed by atoms with Crippen molar-refractivity contribution in [3.8, 4) is 0 Å². The van der Waals surface area contributed by atoms with Gasteiger partial charge < -0.3 is 9.84 Å². The molecule has 0 aromatic carbocycles. The zero-order chi connectivity index (χ0) is 16.0. The molecule has 1 saturated heterocycles. The molecule has 23 heavy (non-hydrogen) atoms. The van der Waals surface area contributed by atoms with E-state index in [0.717, 1.165) is 25.7 Å². The van der Waals surface area contributed by atoms with Gasteiger partial charge >= 0.3 is 5.97 Å². The maximum atomic E-state index is 12.5. The zero-order valence-electron chi connectivity index (χ0n) is 14.1. The summed E-state index contributed by atoms with van der Waals surface area (Å²) >= 11 is 0. The first kappa shape index (κ1) is 14.5. The maximum absolute atomic E-state index is 12.5. The second-order valence-corrected chi connectivity index (χ2v) is 9.33. The predicted molar refractivity (Wildman–Crippen MR) is 86.5 cm³/mol. The van der Waals surface area contributed by atoms with E-state index in [9.17, 15) is 9.90 Å². The minimum atomic E-state index is -0.486. The van der Waals surface area contributed by atoms with E-state index in [2.05, 4.69) is 13.5 Å². The number of carbonyl (C=O) groups excluding carboxylic acids is 1. The Morgan fingerprint density at radius 1 is 1.26 bits per heavy atom. The predicted octanol–water partition coefficient (Wildman–Crippen LogP) is 3.46. The summed E-state index contributed by atoms with van der Waals surface area (Å²) in [5, 5.41) is 11.3. The number of allylic oxidation sites excluding steroid dienone is 1. The van der Waals surface area contributed by atoms with Gasteiger partial charge in [-0.15, -0.1) is 0 Å². The van der Waals surface area contributed by atoms with E-state index in [1.165, 1.54) is 31.3 Å². The van der Waals surface area contributed by atoms with E-state index < -0.39 is 6.10 Å². The summed E-state index contributed by atoms with van der Waals surface area (Å²) in [7, 11) is 0. The summed E-state index contributed by atoms with van der Waals surface area (Å²) in [6.07, 6.45) is 8.18. The van der Waals surface area contributed by atoms with Crippen molar-refractivity contribution in [2.45, 2.75) is 70.5 Å². The van der Waals surface area contributed by atoms with Crippen LogP contribution in [0.15, 0.2) is 12.2 Å². The van der Waals surface area contributed by atoms with Crippen LogP contribution in [-0.4, -0.2) is 23.3 Å². The zero-order valence-corrected chi connectivity index (χ0v) is 14.1. The third-order valence-electron chi connectivity index (χ3n) is 8.54. The first-order valence-corrected chi connectivity index (χ1v) is 9.53. The topological polar surface area (TPSA) is 46.5 Å². The fraction of sp³-hybridized carbons (Fsp3) is 0.850. The van der Waals surface area contributed by atoms with E-state index in [1.54, 1.807) is 0 Å². The second-order valence-electron chi connectivity index (χ2n) is 9.33. The van der Waals surface area contributed by atoms with E-state index in [-0.39, 0.29) is 34.7 Å². The number of rotatable bonds is 0. The molecule has 5 unspecified atom stereocenters. The average molecular weight is 316 g/mol. The highest BCUT2D eigenvalue weighted by molar-refractivity contribution is 5.76. The van der Waals surface area contributed by atoms with Crippen molar-refractivity contribution in [2.75, 3.05) is 0 Å². The largest absolute Gasteiger partial charge is 0.459 e. The molecule has 126 valence electrons. The molecular weight excluding hydrogens is 288 g/mol. The molecule has 5 aliphatic rings. The van der Waals surface area contributed by atoms with Gasteiger partial charge in [0.25, 0.3) is 0 Å². The molecule has 8 atom stereocenters. The van der Waals surface area contributed by atoms with Gasteiger partial charge in [-0.05, 0) is 55.8 Å². The van der Waals surface area contributed by atoms with E-state index in [4.69, 9.17) is 4.74 Å². The molecular formula is C20H28O3. The summed E-state index contributed by atoms with van der Waals surface area (Å²) in [4.78, 5) is 12.5. The smallest absolute Gasteiger partial charge is 0.309 e. The molecule has 4 aliphatic carbocycles. The molecule has 0 amide bonds. The third-order valence-corrected chi connectivity index (χ3v) is 8.54. The summed E-state index contributed by atoms with van der Waals surface area (Å²) in [5.74, 6) is 1.34. The number of fused-ring (bicyclic) bond motifs is 2.